The molecule has 0 aliphatic heterocycles. The number of aryl methyl sites for hydroxylation is 1. The molecule has 1 aromatic heterocycles. The van der Waals surface area contributed by atoms with E-state index in [1.165, 1.54) is 32.1 Å². The highest BCUT2D eigenvalue weighted by Crippen LogP contribution is 2.39. The first-order valence-electron chi connectivity index (χ1n) is 6.40. The molecule has 2 saturated carbocycles. The van der Waals surface area contributed by atoms with Crippen LogP contribution in [0.4, 0.5) is 0 Å². The summed E-state index contributed by atoms with van der Waals surface area (Å²) in [5.41, 5.74) is 6.03. The molecule has 0 saturated heterocycles. The van der Waals surface area contributed by atoms with Crippen LogP contribution >= 0.6 is 0 Å². The highest BCUT2D eigenvalue weighted by Gasteiger charge is 2.31. The largest absolute Gasteiger partial charge is 0.328 e. The molecule has 4 nitrogen and oxygen atoms in total. The van der Waals surface area contributed by atoms with E-state index in [0.717, 1.165) is 18.1 Å². The van der Waals surface area contributed by atoms with Crippen molar-refractivity contribution in [3.8, 4) is 0 Å². The second-order valence-corrected chi connectivity index (χ2v) is 5.35. The summed E-state index contributed by atoms with van der Waals surface area (Å²) >= 11 is 0. The van der Waals surface area contributed by atoms with E-state index < -0.39 is 0 Å². The Kier molecular flexibility index (Phi) is 2.46. The van der Waals surface area contributed by atoms with Crippen LogP contribution in [-0.2, 0) is 7.05 Å². The molecule has 0 amide bonds. The predicted octanol–water partition coefficient (Wildman–Crippen LogP) is 1.68. The molecule has 16 heavy (non-hydrogen) atoms. The zero-order valence-corrected chi connectivity index (χ0v) is 9.89. The minimum absolute atomic E-state index is 0.361. The molecule has 0 bridgehead atoms. The van der Waals surface area contributed by atoms with E-state index >= 15 is 0 Å². The molecule has 2 aliphatic rings. The normalized spacial score (nSPS) is 30.6. The number of hydrogen-bond donors (Lipinski definition) is 1. The Bertz CT molecular complexity index is 380. The van der Waals surface area contributed by atoms with Crippen molar-refractivity contribution in [2.45, 2.75) is 56.4 Å². The van der Waals surface area contributed by atoms with Crippen molar-refractivity contribution in [3.63, 3.8) is 0 Å². The second kappa shape index (κ2) is 3.84. The molecule has 3 rings (SSSR count). The van der Waals surface area contributed by atoms with Gasteiger partial charge in [-0.1, -0.05) is 6.42 Å². The highest BCUT2D eigenvalue weighted by atomic mass is 15.3. The van der Waals surface area contributed by atoms with Crippen LogP contribution in [0, 0.1) is 0 Å². The Morgan fingerprint density at radius 2 is 2.00 bits per heavy atom. The Labute approximate surface area is 96.2 Å². The summed E-state index contributed by atoms with van der Waals surface area (Å²) < 4.78 is 1.98. The maximum absolute atomic E-state index is 6.03. The third kappa shape index (κ3) is 1.86. The third-order valence-electron chi connectivity index (χ3n) is 3.84. The maximum Gasteiger partial charge on any atom is 0.154 e. The van der Waals surface area contributed by atoms with E-state index in [1.807, 2.05) is 11.7 Å². The summed E-state index contributed by atoms with van der Waals surface area (Å²) in [5.74, 6) is 3.42. The van der Waals surface area contributed by atoms with Crippen LogP contribution in [0.15, 0.2) is 0 Å². The van der Waals surface area contributed by atoms with Crippen LogP contribution in [0.2, 0.25) is 0 Å². The van der Waals surface area contributed by atoms with E-state index in [2.05, 4.69) is 5.10 Å². The average Bonchev–Trinajstić information content (AvgIpc) is 3.02. The van der Waals surface area contributed by atoms with Crippen LogP contribution in [0.25, 0.3) is 0 Å². The van der Waals surface area contributed by atoms with E-state index in [0.29, 0.717) is 17.9 Å². The molecule has 1 heterocycles. The first kappa shape index (κ1) is 10.3. The Hall–Kier alpha value is -0.900. The lowest BCUT2D eigenvalue weighted by Crippen LogP contribution is -2.28. The highest BCUT2D eigenvalue weighted by molar-refractivity contribution is 5.09. The molecule has 2 aliphatic carbocycles. The standard InChI is InChI=1S/C12H20N4/c1-16-12(9-3-2-4-10(13)7-9)14-11(15-16)8-5-6-8/h8-10H,2-7,13H2,1H3. The molecular formula is C12H20N4. The van der Waals surface area contributed by atoms with Gasteiger partial charge in [-0.25, -0.2) is 4.98 Å². The zero-order chi connectivity index (χ0) is 11.1. The van der Waals surface area contributed by atoms with Gasteiger partial charge in [0.2, 0.25) is 0 Å². The predicted molar refractivity (Wildman–Crippen MR) is 62.2 cm³/mol. The van der Waals surface area contributed by atoms with E-state index in [9.17, 15) is 0 Å². The number of nitrogens with zero attached hydrogens (tertiary/aromatic N) is 3. The monoisotopic (exact) mass is 220 g/mol. The summed E-state index contributed by atoms with van der Waals surface area (Å²) in [4.78, 5) is 4.73. The molecule has 2 unspecified atom stereocenters. The molecule has 2 fully saturated rings. The van der Waals surface area contributed by atoms with Crippen molar-refractivity contribution >= 4 is 0 Å². The van der Waals surface area contributed by atoms with Crippen LogP contribution < -0.4 is 5.73 Å². The third-order valence-corrected chi connectivity index (χ3v) is 3.84. The van der Waals surface area contributed by atoms with Gasteiger partial charge < -0.3 is 5.73 Å². The molecule has 2 N–H and O–H groups in total. The summed E-state index contributed by atoms with van der Waals surface area (Å²) in [6.45, 7) is 0. The number of rotatable bonds is 2. The van der Waals surface area contributed by atoms with Crippen molar-refractivity contribution in [2.24, 2.45) is 12.8 Å². The maximum atomic E-state index is 6.03. The Morgan fingerprint density at radius 3 is 2.69 bits per heavy atom. The Morgan fingerprint density at radius 1 is 1.19 bits per heavy atom. The summed E-state index contributed by atoms with van der Waals surface area (Å²) in [7, 11) is 2.02. The van der Waals surface area contributed by atoms with Crippen LogP contribution in [-0.4, -0.2) is 20.8 Å². The molecule has 0 spiro atoms. The lowest BCUT2D eigenvalue weighted by molar-refractivity contribution is 0.374. The van der Waals surface area contributed by atoms with Gasteiger partial charge in [-0.05, 0) is 32.1 Å². The smallest absolute Gasteiger partial charge is 0.154 e. The molecule has 2 atom stereocenters. The minimum Gasteiger partial charge on any atom is -0.328 e. The quantitative estimate of drug-likeness (QED) is 0.825. The van der Waals surface area contributed by atoms with Gasteiger partial charge in [-0.3, -0.25) is 4.68 Å². The van der Waals surface area contributed by atoms with Gasteiger partial charge in [0, 0.05) is 24.9 Å². The lowest BCUT2D eigenvalue weighted by Gasteiger charge is -2.25. The number of aromatic nitrogens is 3. The fraction of sp³-hybridized carbons (Fsp3) is 0.833. The van der Waals surface area contributed by atoms with Gasteiger partial charge in [-0.15, -0.1) is 0 Å². The zero-order valence-electron chi connectivity index (χ0n) is 9.89. The molecule has 0 radical (unpaired) electrons. The van der Waals surface area contributed by atoms with Crippen molar-refractivity contribution < 1.29 is 0 Å². The first-order chi connectivity index (χ1) is 7.74. The summed E-state index contributed by atoms with van der Waals surface area (Å²) in [5, 5.41) is 4.54. The molecule has 88 valence electrons. The van der Waals surface area contributed by atoms with Gasteiger partial charge in [0.1, 0.15) is 5.82 Å². The molecule has 0 aromatic carbocycles. The molecule has 4 heteroatoms. The summed E-state index contributed by atoms with van der Waals surface area (Å²) in [6, 6.07) is 0.361. The number of nitrogens with two attached hydrogens (primary N) is 1. The van der Waals surface area contributed by atoms with Crippen molar-refractivity contribution in [3.05, 3.63) is 11.6 Å². The van der Waals surface area contributed by atoms with Gasteiger partial charge in [0.25, 0.3) is 0 Å². The second-order valence-electron chi connectivity index (χ2n) is 5.35. The van der Waals surface area contributed by atoms with Gasteiger partial charge >= 0.3 is 0 Å². The van der Waals surface area contributed by atoms with E-state index in [-0.39, 0.29) is 0 Å². The van der Waals surface area contributed by atoms with E-state index in [4.69, 9.17) is 10.7 Å². The lowest BCUT2D eigenvalue weighted by atomic mass is 9.85. The fourth-order valence-corrected chi connectivity index (χ4v) is 2.75. The van der Waals surface area contributed by atoms with E-state index in [1.54, 1.807) is 0 Å². The molecule has 1 aromatic rings. The van der Waals surface area contributed by atoms with Gasteiger partial charge in [0.15, 0.2) is 5.82 Å². The van der Waals surface area contributed by atoms with Crippen molar-refractivity contribution in [1.29, 1.82) is 0 Å². The number of hydrogen-bond acceptors (Lipinski definition) is 3. The minimum atomic E-state index is 0.361. The van der Waals surface area contributed by atoms with Crippen LogP contribution in [0.3, 0.4) is 0 Å². The average molecular weight is 220 g/mol. The van der Waals surface area contributed by atoms with Crippen LogP contribution in [0.1, 0.15) is 62.0 Å². The van der Waals surface area contributed by atoms with Crippen LogP contribution in [0.5, 0.6) is 0 Å². The summed E-state index contributed by atoms with van der Waals surface area (Å²) in [6.07, 6.45) is 7.25. The first-order valence-corrected chi connectivity index (χ1v) is 6.40. The van der Waals surface area contributed by atoms with Gasteiger partial charge in [0.05, 0.1) is 0 Å². The van der Waals surface area contributed by atoms with Crippen molar-refractivity contribution in [2.75, 3.05) is 0 Å². The fourth-order valence-electron chi connectivity index (χ4n) is 2.75. The van der Waals surface area contributed by atoms with Crippen molar-refractivity contribution in [1.82, 2.24) is 14.8 Å². The SMILES string of the molecule is Cn1nc(C2CC2)nc1C1CCCC(N)C1. The van der Waals surface area contributed by atoms with Gasteiger partial charge in [-0.2, -0.15) is 5.10 Å². The molecular weight excluding hydrogens is 200 g/mol. The topological polar surface area (TPSA) is 56.7 Å². The Balaban J connectivity index is 1.81.